The standard InChI is InChI=1S/C18H21N5O2S/c1-2-3-12-16-21-23-18(26-16)19-14(24)10-7-11-15-20-22-17(25-15)13-8-5-4-6-9-13/h4-6,8-9H,2-3,7,10-12H2,1H3,(H,19,23,24). The normalized spacial score (nSPS) is 10.8. The Morgan fingerprint density at radius 1 is 1.08 bits per heavy atom. The smallest absolute Gasteiger partial charge is 0.247 e. The highest BCUT2D eigenvalue weighted by Gasteiger charge is 2.11. The number of rotatable bonds is 9. The van der Waals surface area contributed by atoms with E-state index in [1.54, 1.807) is 0 Å². The molecule has 0 spiro atoms. The molecule has 2 heterocycles. The number of aryl methyl sites for hydroxylation is 2. The molecule has 7 nitrogen and oxygen atoms in total. The Morgan fingerprint density at radius 3 is 2.73 bits per heavy atom. The van der Waals surface area contributed by atoms with Crippen LogP contribution in [0.5, 0.6) is 0 Å². The Bertz CT molecular complexity index is 831. The maximum atomic E-state index is 12.0. The molecule has 3 rings (SSSR count). The van der Waals surface area contributed by atoms with Crippen LogP contribution in [0.25, 0.3) is 11.5 Å². The summed E-state index contributed by atoms with van der Waals surface area (Å²) in [5.41, 5.74) is 0.888. The van der Waals surface area contributed by atoms with E-state index in [-0.39, 0.29) is 5.91 Å². The third kappa shape index (κ3) is 5.19. The quantitative estimate of drug-likeness (QED) is 0.613. The molecule has 3 aromatic rings. The van der Waals surface area contributed by atoms with Gasteiger partial charge in [-0.15, -0.1) is 20.4 Å². The fourth-order valence-electron chi connectivity index (χ4n) is 2.37. The van der Waals surface area contributed by atoms with Gasteiger partial charge in [-0.05, 0) is 25.0 Å². The van der Waals surface area contributed by atoms with Crippen molar-refractivity contribution in [1.29, 1.82) is 0 Å². The van der Waals surface area contributed by atoms with Crippen molar-refractivity contribution in [2.24, 2.45) is 0 Å². The van der Waals surface area contributed by atoms with Crippen molar-refractivity contribution in [3.8, 4) is 11.5 Å². The molecule has 0 saturated carbocycles. The molecule has 1 N–H and O–H groups in total. The van der Waals surface area contributed by atoms with Crippen LogP contribution >= 0.6 is 11.3 Å². The Kier molecular flexibility index (Phi) is 6.43. The van der Waals surface area contributed by atoms with Gasteiger partial charge in [0.1, 0.15) is 5.01 Å². The molecule has 0 aliphatic carbocycles. The lowest BCUT2D eigenvalue weighted by Crippen LogP contribution is -2.11. The van der Waals surface area contributed by atoms with Crippen LogP contribution in [-0.4, -0.2) is 26.3 Å². The number of amides is 1. The van der Waals surface area contributed by atoms with Crippen LogP contribution in [-0.2, 0) is 17.6 Å². The molecule has 0 aliphatic rings. The summed E-state index contributed by atoms with van der Waals surface area (Å²) in [6.45, 7) is 2.13. The highest BCUT2D eigenvalue weighted by molar-refractivity contribution is 7.15. The van der Waals surface area contributed by atoms with Gasteiger partial charge < -0.3 is 9.73 Å². The third-order valence-electron chi connectivity index (χ3n) is 3.74. The number of carbonyl (C=O) groups is 1. The molecule has 1 amide bonds. The average Bonchev–Trinajstić information content (AvgIpc) is 3.30. The lowest BCUT2D eigenvalue weighted by atomic mass is 10.2. The molecular formula is C18H21N5O2S. The topological polar surface area (TPSA) is 93.8 Å². The lowest BCUT2D eigenvalue weighted by Gasteiger charge is -1.99. The van der Waals surface area contributed by atoms with Crippen LogP contribution in [0.3, 0.4) is 0 Å². The number of carbonyl (C=O) groups excluding carboxylic acids is 1. The van der Waals surface area contributed by atoms with Gasteiger partial charge in [0.15, 0.2) is 0 Å². The van der Waals surface area contributed by atoms with E-state index in [4.69, 9.17) is 4.42 Å². The first-order valence-corrected chi connectivity index (χ1v) is 9.56. The summed E-state index contributed by atoms with van der Waals surface area (Å²) >= 11 is 1.44. The summed E-state index contributed by atoms with van der Waals surface area (Å²) in [6.07, 6.45) is 4.66. The first-order chi connectivity index (χ1) is 12.7. The van der Waals surface area contributed by atoms with E-state index in [1.165, 1.54) is 11.3 Å². The zero-order valence-corrected chi connectivity index (χ0v) is 15.5. The second-order valence-electron chi connectivity index (χ2n) is 5.87. The molecule has 136 valence electrons. The first-order valence-electron chi connectivity index (χ1n) is 8.74. The maximum absolute atomic E-state index is 12.0. The number of unbranched alkanes of at least 4 members (excludes halogenated alkanes) is 1. The number of aromatic nitrogens is 4. The van der Waals surface area contributed by atoms with Crippen molar-refractivity contribution >= 4 is 22.4 Å². The summed E-state index contributed by atoms with van der Waals surface area (Å²) in [6, 6.07) is 9.61. The number of hydrogen-bond donors (Lipinski definition) is 1. The van der Waals surface area contributed by atoms with Gasteiger partial charge in [0.25, 0.3) is 0 Å². The van der Waals surface area contributed by atoms with E-state index in [0.29, 0.717) is 36.2 Å². The van der Waals surface area contributed by atoms with Crippen LogP contribution < -0.4 is 5.32 Å². The fraction of sp³-hybridized carbons (Fsp3) is 0.389. The molecule has 0 unspecified atom stereocenters. The van der Waals surface area contributed by atoms with E-state index in [0.717, 1.165) is 29.8 Å². The zero-order chi connectivity index (χ0) is 18.2. The van der Waals surface area contributed by atoms with Crippen LogP contribution in [0, 0.1) is 0 Å². The molecule has 1 aromatic carbocycles. The highest BCUT2D eigenvalue weighted by atomic mass is 32.1. The van der Waals surface area contributed by atoms with E-state index in [1.807, 2.05) is 30.3 Å². The van der Waals surface area contributed by atoms with Gasteiger partial charge in [-0.25, -0.2) is 0 Å². The van der Waals surface area contributed by atoms with E-state index in [2.05, 4.69) is 32.6 Å². The number of hydrogen-bond acceptors (Lipinski definition) is 7. The number of benzene rings is 1. The van der Waals surface area contributed by atoms with E-state index >= 15 is 0 Å². The average molecular weight is 371 g/mol. The minimum atomic E-state index is -0.0778. The molecule has 0 radical (unpaired) electrons. The van der Waals surface area contributed by atoms with Crippen LogP contribution in [0.1, 0.15) is 43.5 Å². The summed E-state index contributed by atoms with van der Waals surface area (Å²) in [5, 5.41) is 20.5. The molecule has 0 bridgehead atoms. The second kappa shape index (κ2) is 9.19. The summed E-state index contributed by atoms with van der Waals surface area (Å²) in [5.74, 6) is 0.957. The van der Waals surface area contributed by atoms with Gasteiger partial charge in [0.05, 0.1) is 0 Å². The van der Waals surface area contributed by atoms with E-state index < -0.39 is 0 Å². The van der Waals surface area contributed by atoms with Gasteiger partial charge in [-0.1, -0.05) is 42.9 Å². The van der Waals surface area contributed by atoms with Gasteiger partial charge in [-0.2, -0.15) is 0 Å². The van der Waals surface area contributed by atoms with Crippen molar-refractivity contribution in [2.45, 2.75) is 45.4 Å². The predicted molar refractivity (Wildman–Crippen MR) is 99.8 cm³/mol. The summed E-state index contributed by atoms with van der Waals surface area (Å²) in [7, 11) is 0. The number of nitrogens with zero attached hydrogens (tertiary/aromatic N) is 4. The van der Waals surface area contributed by atoms with E-state index in [9.17, 15) is 4.79 Å². The highest BCUT2D eigenvalue weighted by Crippen LogP contribution is 2.19. The van der Waals surface area contributed by atoms with Gasteiger partial charge in [0.2, 0.25) is 22.8 Å². The first kappa shape index (κ1) is 18.2. The van der Waals surface area contributed by atoms with Crippen molar-refractivity contribution in [2.75, 3.05) is 5.32 Å². The molecule has 0 atom stereocenters. The zero-order valence-electron chi connectivity index (χ0n) is 14.6. The summed E-state index contributed by atoms with van der Waals surface area (Å²) in [4.78, 5) is 12.0. The Balaban J connectivity index is 1.42. The molecule has 26 heavy (non-hydrogen) atoms. The lowest BCUT2D eigenvalue weighted by molar-refractivity contribution is -0.116. The van der Waals surface area contributed by atoms with Gasteiger partial charge >= 0.3 is 0 Å². The number of anilines is 1. The second-order valence-corrected chi connectivity index (χ2v) is 6.94. The maximum Gasteiger partial charge on any atom is 0.247 e. The van der Waals surface area contributed by atoms with Crippen LogP contribution in [0.4, 0.5) is 5.13 Å². The van der Waals surface area contributed by atoms with Gasteiger partial charge in [0, 0.05) is 24.8 Å². The minimum absolute atomic E-state index is 0.0778. The SMILES string of the molecule is CCCCc1nnc(NC(=O)CCCc2nnc(-c3ccccc3)o2)s1. The molecular weight excluding hydrogens is 350 g/mol. The van der Waals surface area contributed by atoms with Crippen molar-refractivity contribution in [1.82, 2.24) is 20.4 Å². The fourth-order valence-corrected chi connectivity index (χ4v) is 3.16. The summed E-state index contributed by atoms with van der Waals surface area (Å²) < 4.78 is 5.64. The van der Waals surface area contributed by atoms with Crippen molar-refractivity contribution < 1.29 is 9.21 Å². The van der Waals surface area contributed by atoms with Crippen molar-refractivity contribution in [3.05, 3.63) is 41.2 Å². The molecule has 2 aromatic heterocycles. The largest absolute Gasteiger partial charge is 0.421 e. The molecule has 0 aliphatic heterocycles. The number of nitrogens with one attached hydrogen (secondary N) is 1. The van der Waals surface area contributed by atoms with Crippen LogP contribution in [0.15, 0.2) is 34.7 Å². The Hall–Kier alpha value is -2.61. The van der Waals surface area contributed by atoms with Crippen molar-refractivity contribution in [3.63, 3.8) is 0 Å². The predicted octanol–water partition coefficient (Wildman–Crippen LogP) is 3.89. The molecule has 0 fully saturated rings. The molecule has 0 saturated heterocycles. The minimum Gasteiger partial charge on any atom is -0.421 e. The Labute approximate surface area is 155 Å². The Morgan fingerprint density at radius 2 is 1.92 bits per heavy atom. The van der Waals surface area contributed by atoms with Gasteiger partial charge in [-0.3, -0.25) is 4.79 Å². The molecule has 8 heteroatoms. The van der Waals surface area contributed by atoms with Crippen LogP contribution in [0.2, 0.25) is 0 Å². The third-order valence-corrected chi connectivity index (χ3v) is 4.64. The monoisotopic (exact) mass is 371 g/mol.